The van der Waals surface area contributed by atoms with Gasteiger partial charge >= 0.3 is 7.82 Å². The predicted molar refractivity (Wildman–Crippen MR) is 74.0 cm³/mol. The second-order valence-corrected chi connectivity index (χ2v) is 5.48. The van der Waals surface area contributed by atoms with Crippen LogP contribution in [0.25, 0.3) is 0 Å². The molecular formula is C8H13Li2N4O8P. The maximum Gasteiger partial charge on any atom is 0.469 e. The molecule has 12 nitrogen and oxygen atoms in total. The number of amides is 1. The van der Waals surface area contributed by atoms with Crippen LogP contribution in [0.3, 0.4) is 0 Å². The molecule has 1 aromatic heterocycles. The van der Waals surface area contributed by atoms with Crippen molar-refractivity contribution in [1.29, 1.82) is 0 Å². The van der Waals surface area contributed by atoms with Gasteiger partial charge in [-0.15, -0.1) is 5.10 Å². The molecule has 2 rings (SSSR count). The average molecular weight is 338 g/mol. The normalized spacial score (nSPS) is 27.1. The van der Waals surface area contributed by atoms with Crippen molar-refractivity contribution in [3.63, 3.8) is 0 Å². The first-order valence-corrected chi connectivity index (χ1v) is 7.14. The number of carbonyl (C=O) groups excluding carboxylic acids is 1. The van der Waals surface area contributed by atoms with E-state index in [1.807, 2.05) is 0 Å². The number of carbonyl (C=O) groups is 1. The van der Waals surface area contributed by atoms with E-state index in [1.165, 1.54) is 0 Å². The van der Waals surface area contributed by atoms with Gasteiger partial charge in [-0.2, -0.15) is 0 Å². The van der Waals surface area contributed by atoms with Crippen molar-refractivity contribution in [1.82, 2.24) is 14.8 Å². The first-order chi connectivity index (χ1) is 9.69. The molecule has 1 fully saturated rings. The molecule has 2 heterocycles. The number of aliphatic hydroxyl groups is 2. The van der Waals surface area contributed by atoms with E-state index in [-0.39, 0.29) is 43.5 Å². The van der Waals surface area contributed by atoms with Gasteiger partial charge in [-0.1, -0.05) is 0 Å². The van der Waals surface area contributed by atoms with E-state index >= 15 is 0 Å². The third-order valence-corrected chi connectivity index (χ3v) is 3.22. The summed E-state index contributed by atoms with van der Waals surface area (Å²) in [6, 6.07) is 0. The predicted octanol–water partition coefficient (Wildman–Crippen LogP) is -3.66. The zero-order valence-corrected chi connectivity index (χ0v) is 13.3. The molecule has 1 aromatic rings. The van der Waals surface area contributed by atoms with Gasteiger partial charge in [0.05, 0.1) is 6.61 Å². The van der Waals surface area contributed by atoms with Gasteiger partial charge in [0, 0.05) is 37.7 Å². The van der Waals surface area contributed by atoms with Crippen molar-refractivity contribution in [2.75, 3.05) is 6.61 Å². The second kappa shape index (κ2) is 8.76. The van der Waals surface area contributed by atoms with E-state index in [2.05, 4.69) is 14.6 Å². The first kappa shape index (κ1) is 22.8. The maximum absolute atomic E-state index is 10.9. The van der Waals surface area contributed by atoms with Crippen LogP contribution >= 0.6 is 7.82 Å². The molecule has 0 spiro atoms. The van der Waals surface area contributed by atoms with Gasteiger partial charge in [-0.3, -0.25) is 9.32 Å². The minimum absolute atomic E-state index is 0. The number of rotatable bonds is 5. The molecule has 0 saturated carbocycles. The van der Waals surface area contributed by atoms with Crippen LogP contribution in [-0.2, 0) is 13.8 Å². The molecule has 23 heavy (non-hydrogen) atoms. The summed E-state index contributed by atoms with van der Waals surface area (Å²) in [5, 5.41) is 23.2. The molecular weight excluding hydrogens is 325 g/mol. The van der Waals surface area contributed by atoms with Crippen LogP contribution in [-0.4, -0.2) is 103 Å². The summed E-state index contributed by atoms with van der Waals surface area (Å²) in [6.45, 7) is -0.642. The third kappa shape index (κ3) is 5.67. The summed E-state index contributed by atoms with van der Waals surface area (Å²) >= 11 is 0. The zero-order chi connectivity index (χ0) is 15.8. The van der Waals surface area contributed by atoms with Crippen LogP contribution in [0.15, 0.2) is 6.33 Å². The summed E-state index contributed by atoms with van der Waals surface area (Å²) in [5.41, 5.74) is 4.97. The van der Waals surface area contributed by atoms with Gasteiger partial charge in [-0.25, -0.2) is 14.2 Å². The van der Waals surface area contributed by atoms with E-state index < -0.39 is 44.9 Å². The number of primary amides is 1. The Kier molecular flexibility index (Phi) is 8.68. The fraction of sp³-hybridized carbons (Fsp3) is 0.625. The third-order valence-electron chi connectivity index (χ3n) is 2.73. The van der Waals surface area contributed by atoms with Gasteiger partial charge in [0.2, 0.25) is 5.82 Å². The monoisotopic (exact) mass is 338 g/mol. The Morgan fingerprint density at radius 1 is 1.39 bits per heavy atom. The van der Waals surface area contributed by atoms with Crippen molar-refractivity contribution >= 4 is 51.5 Å². The summed E-state index contributed by atoms with van der Waals surface area (Å²) in [6.07, 6.45) is -4.27. The maximum atomic E-state index is 10.9. The SMILES string of the molecule is NC(=O)c1ncn([C@@H]2O[C@H](COP(=O)(O)O)[C@@H](O)[C@H]2O)n1.[Li].[Li]. The van der Waals surface area contributed by atoms with E-state index in [9.17, 15) is 19.6 Å². The fourth-order valence-electron chi connectivity index (χ4n) is 1.77. The fourth-order valence-corrected chi connectivity index (χ4v) is 2.11. The number of hydrogen-bond acceptors (Lipinski definition) is 8. The molecule has 1 amide bonds. The van der Waals surface area contributed by atoms with Gasteiger partial charge in [-0.05, 0) is 0 Å². The smallest absolute Gasteiger partial charge is 0.387 e. The summed E-state index contributed by atoms with van der Waals surface area (Å²) < 4.78 is 21.0. The molecule has 120 valence electrons. The molecule has 15 heteroatoms. The van der Waals surface area contributed by atoms with Crippen molar-refractivity contribution in [3.05, 3.63) is 12.2 Å². The van der Waals surface area contributed by atoms with E-state index in [4.69, 9.17) is 20.3 Å². The number of hydrogen-bond donors (Lipinski definition) is 5. The molecule has 6 N–H and O–H groups in total. The Balaban J connectivity index is 0.00000242. The Hall–Kier alpha value is -0.205. The Morgan fingerprint density at radius 2 is 2.00 bits per heavy atom. The number of nitrogens with zero attached hydrogens (tertiary/aromatic N) is 3. The standard InChI is InChI=1S/C8H13N4O8P.2Li/c9-6(15)7-10-2-12(11-7)8-5(14)4(13)3(20-8)1-19-21(16,17)18;;/h2-5,8,13-14H,1H2,(H2,9,15)(H2,16,17,18);;/t3-,4-,5-,8-;;/m1../s1. The van der Waals surface area contributed by atoms with Crippen LogP contribution < -0.4 is 5.73 Å². The summed E-state index contributed by atoms with van der Waals surface area (Å²) in [7, 11) is -4.73. The molecule has 1 saturated heterocycles. The molecule has 0 aliphatic carbocycles. The quantitative estimate of drug-likeness (QED) is 0.264. The van der Waals surface area contributed by atoms with E-state index in [0.29, 0.717) is 0 Å². The molecule has 0 unspecified atom stereocenters. The number of phosphoric acid groups is 1. The van der Waals surface area contributed by atoms with Crippen molar-refractivity contribution < 1.29 is 38.6 Å². The van der Waals surface area contributed by atoms with Crippen LogP contribution in [0, 0.1) is 0 Å². The molecule has 2 radical (unpaired) electrons. The Morgan fingerprint density at radius 3 is 2.48 bits per heavy atom. The largest absolute Gasteiger partial charge is 0.469 e. The van der Waals surface area contributed by atoms with E-state index in [1.54, 1.807) is 0 Å². The van der Waals surface area contributed by atoms with Crippen molar-refractivity contribution in [2.24, 2.45) is 5.73 Å². The second-order valence-electron chi connectivity index (χ2n) is 4.25. The zero-order valence-electron chi connectivity index (χ0n) is 12.4. The van der Waals surface area contributed by atoms with Gasteiger partial charge in [0.1, 0.15) is 24.6 Å². The minimum Gasteiger partial charge on any atom is -0.387 e. The van der Waals surface area contributed by atoms with Crippen molar-refractivity contribution in [2.45, 2.75) is 24.5 Å². The van der Waals surface area contributed by atoms with Gasteiger partial charge in [0.25, 0.3) is 5.91 Å². The van der Waals surface area contributed by atoms with Gasteiger partial charge in [0.15, 0.2) is 6.23 Å². The Bertz CT molecular complexity index is 582. The molecule has 0 aromatic carbocycles. The van der Waals surface area contributed by atoms with Crippen LogP contribution in [0.2, 0.25) is 0 Å². The van der Waals surface area contributed by atoms with Crippen LogP contribution in [0.4, 0.5) is 0 Å². The Labute approximate surface area is 153 Å². The first-order valence-electron chi connectivity index (χ1n) is 5.61. The number of aromatic nitrogens is 3. The summed E-state index contributed by atoms with van der Waals surface area (Å²) in [4.78, 5) is 31.6. The number of ether oxygens (including phenoxy) is 1. The minimum atomic E-state index is -4.73. The number of nitrogens with two attached hydrogens (primary N) is 1. The molecule has 1 aliphatic heterocycles. The van der Waals surface area contributed by atoms with Crippen molar-refractivity contribution in [3.8, 4) is 0 Å². The summed E-state index contributed by atoms with van der Waals surface area (Å²) in [5.74, 6) is -1.20. The number of phosphoric ester groups is 1. The molecule has 0 bridgehead atoms. The molecule has 4 atom stereocenters. The van der Waals surface area contributed by atoms with Crippen LogP contribution in [0.1, 0.15) is 16.8 Å². The number of aliphatic hydroxyl groups excluding tert-OH is 2. The topological polar surface area (TPSA) is 190 Å². The molecule has 1 aliphatic rings. The van der Waals surface area contributed by atoms with Gasteiger partial charge < -0.3 is 30.5 Å². The average Bonchev–Trinajstić information content (AvgIpc) is 2.94. The van der Waals surface area contributed by atoms with Crippen LogP contribution in [0.5, 0.6) is 0 Å². The van der Waals surface area contributed by atoms with E-state index in [0.717, 1.165) is 11.0 Å².